The van der Waals surface area contributed by atoms with Crippen molar-refractivity contribution in [1.82, 2.24) is 5.32 Å². The fraction of sp³-hybridized carbons (Fsp3) is 0.300. The minimum atomic E-state index is -2.91. The van der Waals surface area contributed by atoms with Gasteiger partial charge in [0.05, 0.1) is 21.3 Å². The molecular weight excluding hydrogens is 404 g/mol. The lowest BCUT2D eigenvalue weighted by Crippen LogP contribution is -2.30. The molecule has 0 aliphatic rings. The van der Waals surface area contributed by atoms with Crippen LogP contribution in [0, 0.1) is 0 Å². The SMILES string of the molecule is COc1cc(C(=O)NCC(=O)OCc2ccc(OC(F)F)cc2)cc(OC)c1OC. The Kier molecular flexibility index (Phi) is 8.21. The Bertz CT molecular complexity index is 847. The normalized spacial score (nSPS) is 10.3. The third kappa shape index (κ3) is 6.23. The molecule has 10 heteroatoms. The number of hydrogen-bond donors (Lipinski definition) is 1. The smallest absolute Gasteiger partial charge is 0.387 e. The van der Waals surface area contributed by atoms with E-state index < -0.39 is 18.5 Å². The largest absolute Gasteiger partial charge is 0.493 e. The number of amides is 1. The monoisotopic (exact) mass is 425 g/mol. The standard InChI is InChI=1S/C20H21F2NO7/c1-26-15-8-13(9-16(27-2)18(15)28-3)19(25)23-10-17(24)29-11-12-4-6-14(7-5-12)30-20(21)22/h4-9,20H,10-11H2,1-3H3,(H,23,25). The van der Waals surface area contributed by atoms with Crippen LogP contribution in [0.15, 0.2) is 36.4 Å². The van der Waals surface area contributed by atoms with Crippen LogP contribution in [-0.2, 0) is 16.1 Å². The number of alkyl halides is 2. The van der Waals surface area contributed by atoms with Crippen molar-refractivity contribution in [3.8, 4) is 23.0 Å². The van der Waals surface area contributed by atoms with Crippen LogP contribution >= 0.6 is 0 Å². The van der Waals surface area contributed by atoms with Crippen LogP contribution in [0.4, 0.5) is 8.78 Å². The molecule has 0 fully saturated rings. The molecule has 0 spiro atoms. The summed E-state index contributed by atoms with van der Waals surface area (Å²) in [6, 6.07) is 8.54. The topological polar surface area (TPSA) is 92.3 Å². The Hall–Kier alpha value is -3.56. The zero-order chi connectivity index (χ0) is 22.1. The van der Waals surface area contributed by atoms with Crippen molar-refractivity contribution in [1.29, 1.82) is 0 Å². The van der Waals surface area contributed by atoms with Gasteiger partial charge in [-0.1, -0.05) is 12.1 Å². The van der Waals surface area contributed by atoms with Gasteiger partial charge < -0.3 is 29.0 Å². The van der Waals surface area contributed by atoms with Crippen LogP contribution in [0.1, 0.15) is 15.9 Å². The molecule has 2 rings (SSSR count). The van der Waals surface area contributed by atoms with Crippen LogP contribution in [0.3, 0.4) is 0 Å². The second-order valence-electron chi connectivity index (χ2n) is 5.78. The number of hydrogen-bond acceptors (Lipinski definition) is 7. The minimum Gasteiger partial charge on any atom is -0.493 e. The molecule has 0 saturated carbocycles. The van der Waals surface area contributed by atoms with Gasteiger partial charge in [0.25, 0.3) is 5.91 Å². The molecule has 162 valence electrons. The summed E-state index contributed by atoms with van der Waals surface area (Å²) >= 11 is 0. The maximum atomic E-state index is 12.3. The first-order chi connectivity index (χ1) is 14.4. The number of nitrogens with one attached hydrogen (secondary N) is 1. The summed E-state index contributed by atoms with van der Waals surface area (Å²) < 4.78 is 49.1. The summed E-state index contributed by atoms with van der Waals surface area (Å²) in [4.78, 5) is 24.2. The maximum Gasteiger partial charge on any atom is 0.387 e. The van der Waals surface area contributed by atoms with E-state index in [1.54, 1.807) is 0 Å². The van der Waals surface area contributed by atoms with Gasteiger partial charge in [0.1, 0.15) is 18.9 Å². The van der Waals surface area contributed by atoms with Crippen molar-refractivity contribution < 1.29 is 42.1 Å². The quantitative estimate of drug-likeness (QED) is 0.585. The highest BCUT2D eigenvalue weighted by Crippen LogP contribution is 2.38. The summed E-state index contributed by atoms with van der Waals surface area (Å²) in [7, 11) is 4.28. The van der Waals surface area contributed by atoms with E-state index in [-0.39, 0.29) is 24.5 Å². The van der Waals surface area contributed by atoms with Gasteiger partial charge in [-0.05, 0) is 29.8 Å². The summed E-state index contributed by atoms with van der Waals surface area (Å²) in [5.41, 5.74) is 0.771. The van der Waals surface area contributed by atoms with Gasteiger partial charge in [0.2, 0.25) is 5.75 Å². The van der Waals surface area contributed by atoms with Gasteiger partial charge in [-0.15, -0.1) is 0 Å². The molecule has 0 aromatic heterocycles. The Labute approximate surface area is 171 Å². The van der Waals surface area contributed by atoms with Crippen molar-refractivity contribution in [2.45, 2.75) is 13.2 Å². The van der Waals surface area contributed by atoms with E-state index in [9.17, 15) is 18.4 Å². The molecule has 1 N–H and O–H groups in total. The number of carbonyl (C=O) groups is 2. The zero-order valence-corrected chi connectivity index (χ0v) is 16.6. The number of carbonyl (C=O) groups excluding carboxylic acids is 2. The average molecular weight is 425 g/mol. The molecule has 2 aromatic rings. The second kappa shape index (κ2) is 10.8. The highest BCUT2D eigenvalue weighted by Gasteiger charge is 2.17. The van der Waals surface area contributed by atoms with Gasteiger partial charge >= 0.3 is 12.6 Å². The molecular formula is C20H21F2NO7. The van der Waals surface area contributed by atoms with Gasteiger partial charge in [0.15, 0.2) is 11.5 Å². The van der Waals surface area contributed by atoms with Gasteiger partial charge in [-0.3, -0.25) is 9.59 Å². The molecule has 8 nitrogen and oxygen atoms in total. The Morgan fingerprint density at radius 2 is 1.57 bits per heavy atom. The van der Waals surface area contributed by atoms with Crippen molar-refractivity contribution in [3.63, 3.8) is 0 Å². The molecule has 0 atom stereocenters. The van der Waals surface area contributed by atoms with Gasteiger partial charge in [-0.25, -0.2) is 0 Å². The lowest BCUT2D eigenvalue weighted by atomic mass is 10.1. The molecule has 0 heterocycles. The van der Waals surface area contributed by atoms with Gasteiger partial charge in [0, 0.05) is 5.56 Å². The lowest BCUT2D eigenvalue weighted by Gasteiger charge is -2.14. The van der Waals surface area contributed by atoms with E-state index in [0.29, 0.717) is 22.8 Å². The highest BCUT2D eigenvalue weighted by atomic mass is 19.3. The fourth-order valence-electron chi connectivity index (χ4n) is 2.45. The molecule has 0 radical (unpaired) electrons. The second-order valence-corrected chi connectivity index (χ2v) is 5.78. The van der Waals surface area contributed by atoms with E-state index in [4.69, 9.17) is 18.9 Å². The number of methoxy groups -OCH3 is 3. The highest BCUT2D eigenvalue weighted by molar-refractivity contribution is 5.97. The first-order valence-corrected chi connectivity index (χ1v) is 8.65. The van der Waals surface area contributed by atoms with Crippen molar-refractivity contribution >= 4 is 11.9 Å². The van der Waals surface area contributed by atoms with Crippen LogP contribution < -0.4 is 24.3 Å². The molecule has 0 aliphatic heterocycles. The molecule has 2 aromatic carbocycles. The van der Waals surface area contributed by atoms with E-state index in [2.05, 4.69) is 10.1 Å². The number of benzene rings is 2. The van der Waals surface area contributed by atoms with E-state index in [0.717, 1.165) is 0 Å². The number of ether oxygens (including phenoxy) is 5. The first-order valence-electron chi connectivity index (χ1n) is 8.65. The molecule has 0 aliphatic carbocycles. The van der Waals surface area contributed by atoms with Crippen molar-refractivity contribution in [2.75, 3.05) is 27.9 Å². The third-order valence-corrected chi connectivity index (χ3v) is 3.87. The van der Waals surface area contributed by atoms with Gasteiger partial charge in [-0.2, -0.15) is 8.78 Å². The van der Waals surface area contributed by atoms with Crippen molar-refractivity contribution in [2.24, 2.45) is 0 Å². The number of esters is 1. The number of halogens is 2. The first kappa shape index (κ1) is 22.7. The Balaban J connectivity index is 1.89. The van der Waals surface area contributed by atoms with E-state index in [1.807, 2.05) is 0 Å². The summed E-state index contributed by atoms with van der Waals surface area (Å²) in [5.74, 6) is -0.297. The van der Waals surface area contributed by atoms with Crippen molar-refractivity contribution in [3.05, 3.63) is 47.5 Å². The average Bonchev–Trinajstić information content (AvgIpc) is 2.75. The summed E-state index contributed by atoms with van der Waals surface area (Å²) in [6.07, 6.45) is 0. The maximum absolute atomic E-state index is 12.3. The summed E-state index contributed by atoms with van der Waals surface area (Å²) in [5, 5.41) is 2.44. The van der Waals surface area contributed by atoms with Crippen LogP contribution in [-0.4, -0.2) is 46.4 Å². The molecule has 0 unspecified atom stereocenters. The van der Waals surface area contributed by atoms with Crippen LogP contribution in [0.25, 0.3) is 0 Å². The van der Waals surface area contributed by atoms with Crippen LogP contribution in [0.2, 0.25) is 0 Å². The third-order valence-electron chi connectivity index (χ3n) is 3.87. The summed E-state index contributed by atoms with van der Waals surface area (Å²) in [6.45, 7) is -3.38. The predicted molar refractivity (Wildman–Crippen MR) is 101 cm³/mol. The molecule has 30 heavy (non-hydrogen) atoms. The Morgan fingerprint density at radius 3 is 2.07 bits per heavy atom. The molecule has 1 amide bonds. The van der Waals surface area contributed by atoms with E-state index >= 15 is 0 Å². The zero-order valence-electron chi connectivity index (χ0n) is 16.6. The molecule has 0 saturated heterocycles. The molecule has 0 bridgehead atoms. The lowest BCUT2D eigenvalue weighted by molar-refractivity contribution is -0.143. The number of rotatable bonds is 10. The fourth-order valence-corrected chi connectivity index (χ4v) is 2.45. The predicted octanol–water partition coefficient (Wildman–Crippen LogP) is 2.79. The van der Waals surface area contributed by atoms with Crippen LogP contribution in [0.5, 0.6) is 23.0 Å². The Morgan fingerprint density at radius 1 is 0.967 bits per heavy atom. The van der Waals surface area contributed by atoms with E-state index in [1.165, 1.54) is 57.7 Å². The minimum absolute atomic E-state index is 0.00214.